The van der Waals surface area contributed by atoms with Crippen LogP contribution in [0.15, 0.2) is 29.2 Å². The minimum atomic E-state index is -0.298. The van der Waals surface area contributed by atoms with Crippen LogP contribution in [0.5, 0.6) is 5.75 Å². The lowest BCUT2D eigenvalue weighted by Crippen LogP contribution is -2.10. The lowest BCUT2D eigenvalue weighted by molar-refractivity contribution is -0.117. The Balaban J connectivity index is 2.41. The van der Waals surface area contributed by atoms with Crippen LogP contribution in [0.1, 0.15) is 6.42 Å². The third-order valence-electron chi connectivity index (χ3n) is 1.43. The molecule has 0 saturated heterocycles. The predicted octanol–water partition coefficient (Wildman–Crippen LogP) is 1.36. The van der Waals surface area contributed by atoms with Gasteiger partial charge in [0.2, 0.25) is 5.91 Å². The van der Waals surface area contributed by atoms with E-state index >= 15 is 0 Å². The number of rotatable bonds is 4. The lowest BCUT2D eigenvalue weighted by atomic mass is 10.3. The summed E-state index contributed by atoms with van der Waals surface area (Å²) in [4.78, 5) is 11.4. The van der Waals surface area contributed by atoms with Gasteiger partial charge in [0.05, 0.1) is 0 Å². The fourth-order valence-electron chi connectivity index (χ4n) is 0.843. The first-order valence-electron chi connectivity index (χ1n) is 3.88. The van der Waals surface area contributed by atoms with E-state index in [1.54, 1.807) is 18.2 Å². The number of benzene rings is 1. The van der Waals surface area contributed by atoms with Crippen molar-refractivity contribution >= 4 is 17.7 Å². The van der Waals surface area contributed by atoms with Gasteiger partial charge in [-0.2, -0.15) is 0 Å². The molecule has 0 aliphatic rings. The van der Waals surface area contributed by atoms with Gasteiger partial charge in [-0.25, -0.2) is 0 Å². The van der Waals surface area contributed by atoms with E-state index in [4.69, 9.17) is 10.8 Å². The van der Waals surface area contributed by atoms with Crippen molar-refractivity contribution in [2.24, 2.45) is 5.73 Å². The molecule has 3 nitrogen and oxygen atoms in total. The standard InChI is InChI=1S/C9H11NO2S/c10-9(12)4-5-13-8-3-1-2-7(11)6-8/h1-3,6,11H,4-5H2,(H2,10,12). The maximum atomic E-state index is 10.4. The molecule has 0 fully saturated rings. The molecule has 0 radical (unpaired) electrons. The molecular weight excluding hydrogens is 186 g/mol. The molecule has 1 aromatic carbocycles. The predicted molar refractivity (Wildman–Crippen MR) is 52.6 cm³/mol. The van der Waals surface area contributed by atoms with Crippen molar-refractivity contribution in [1.82, 2.24) is 0 Å². The second-order valence-corrected chi connectivity index (χ2v) is 3.73. The third kappa shape index (κ3) is 3.85. The first-order chi connectivity index (χ1) is 6.18. The molecule has 0 heterocycles. The van der Waals surface area contributed by atoms with E-state index in [9.17, 15) is 4.79 Å². The van der Waals surface area contributed by atoms with Gasteiger partial charge in [-0.05, 0) is 18.2 Å². The number of nitrogens with two attached hydrogens (primary N) is 1. The maximum Gasteiger partial charge on any atom is 0.218 e. The molecule has 4 heteroatoms. The molecular formula is C9H11NO2S. The third-order valence-corrected chi connectivity index (χ3v) is 2.43. The van der Waals surface area contributed by atoms with Gasteiger partial charge in [0, 0.05) is 17.1 Å². The number of aromatic hydroxyl groups is 1. The molecule has 0 spiro atoms. The van der Waals surface area contributed by atoms with Crippen LogP contribution in [0.4, 0.5) is 0 Å². The van der Waals surface area contributed by atoms with Gasteiger partial charge in [0.25, 0.3) is 0 Å². The molecule has 3 N–H and O–H groups in total. The highest BCUT2D eigenvalue weighted by Crippen LogP contribution is 2.22. The van der Waals surface area contributed by atoms with Crippen LogP contribution in [-0.4, -0.2) is 16.8 Å². The number of thioether (sulfide) groups is 1. The summed E-state index contributed by atoms with van der Waals surface area (Å²) in [7, 11) is 0. The highest BCUT2D eigenvalue weighted by Gasteiger charge is 1.97. The summed E-state index contributed by atoms with van der Waals surface area (Å²) in [6, 6.07) is 6.91. The number of carbonyl (C=O) groups excluding carboxylic acids is 1. The number of carbonyl (C=O) groups is 1. The van der Waals surface area contributed by atoms with Gasteiger partial charge in [0.1, 0.15) is 5.75 Å². The largest absolute Gasteiger partial charge is 0.508 e. The number of amides is 1. The fraction of sp³-hybridized carbons (Fsp3) is 0.222. The number of hydrogen-bond donors (Lipinski definition) is 2. The Morgan fingerprint density at radius 1 is 1.54 bits per heavy atom. The van der Waals surface area contributed by atoms with Gasteiger partial charge in [-0.3, -0.25) is 4.79 Å². The van der Waals surface area contributed by atoms with Crippen LogP contribution >= 0.6 is 11.8 Å². The minimum Gasteiger partial charge on any atom is -0.508 e. The second kappa shape index (κ2) is 4.77. The van der Waals surface area contributed by atoms with Crippen molar-refractivity contribution in [3.63, 3.8) is 0 Å². The zero-order valence-electron chi connectivity index (χ0n) is 7.06. The SMILES string of the molecule is NC(=O)CCSc1cccc(O)c1. The maximum absolute atomic E-state index is 10.4. The van der Waals surface area contributed by atoms with Crippen molar-refractivity contribution in [3.8, 4) is 5.75 Å². The molecule has 0 aromatic heterocycles. The second-order valence-electron chi connectivity index (χ2n) is 2.56. The zero-order valence-corrected chi connectivity index (χ0v) is 7.88. The van der Waals surface area contributed by atoms with Crippen LogP contribution in [0.2, 0.25) is 0 Å². The molecule has 0 aliphatic heterocycles. The quantitative estimate of drug-likeness (QED) is 0.716. The molecule has 1 amide bonds. The molecule has 0 aliphatic carbocycles. The van der Waals surface area contributed by atoms with Crippen LogP contribution in [0.3, 0.4) is 0 Å². The summed E-state index contributed by atoms with van der Waals surface area (Å²) in [6.45, 7) is 0. The van der Waals surface area contributed by atoms with Gasteiger partial charge < -0.3 is 10.8 Å². The van der Waals surface area contributed by atoms with Crippen LogP contribution in [-0.2, 0) is 4.79 Å². The summed E-state index contributed by atoms with van der Waals surface area (Å²) >= 11 is 1.50. The van der Waals surface area contributed by atoms with E-state index in [1.165, 1.54) is 11.8 Å². The Labute approximate surface area is 80.9 Å². The average molecular weight is 197 g/mol. The Bertz CT molecular complexity index is 301. The molecule has 13 heavy (non-hydrogen) atoms. The fourth-order valence-corrected chi connectivity index (χ4v) is 1.76. The minimum absolute atomic E-state index is 0.240. The first kappa shape index (κ1) is 9.92. The van der Waals surface area contributed by atoms with E-state index in [2.05, 4.69) is 0 Å². The molecule has 1 aromatic rings. The van der Waals surface area contributed by atoms with Crippen LogP contribution < -0.4 is 5.73 Å². The Morgan fingerprint density at radius 2 is 2.31 bits per heavy atom. The number of phenolic OH excluding ortho intramolecular Hbond substituents is 1. The van der Waals surface area contributed by atoms with E-state index in [0.29, 0.717) is 12.2 Å². The molecule has 0 unspecified atom stereocenters. The van der Waals surface area contributed by atoms with Gasteiger partial charge in [-0.1, -0.05) is 6.07 Å². The van der Waals surface area contributed by atoms with Crippen molar-refractivity contribution in [3.05, 3.63) is 24.3 Å². The normalized spacial score (nSPS) is 9.85. The number of phenols is 1. The van der Waals surface area contributed by atoms with Gasteiger partial charge in [0.15, 0.2) is 0 Å². The molecule has 0 bridgehead atoms. The molecule has 70 valence electrons. The van der Waals surface area contributed by atoms with Crippen LogP contribution in [0, 0.1) is 0 Å². The highest BCUT2D eigenvalue weighted by atomic mass is 32.2. The van der Waals surface area contributed by atoms with E-state index in [1.807, 2.05) is 6.07 Å². The first-order valence-corrected chi connectivity index (χ1v) is 4.87. The van der Waals surface area contributed by atoms with Crippen molar-refractivity contribution < 1.29 is 9.90 Å². The van der Waals surface area contributed by atoms with Crippen molar-refractivity contribution in [1.29, 1.82) is 0 Å². The Hall–Kier alpha value is -1.16. The van der Waals surface area contributed by atoms with Crippen LogP contribution in [0.25, 0.3) is 0 Å². The van der Waals surface area contributed by atoms with E-state index in [-0.39, 0.29) is 11.7 Å². The van der Waals surface area contributed by atoms with E-state index in [0.717, 1.165) is 4.90 Å². The molecule has 0 atom stereocenters. The zero-order chi connectivity index (χ0) is 9.68. The van der Waals surface area contributed by atoms with Crippen molar-refractivity contribution in [2.45, 2.75) is 11.3 Å². The summed E-state index contributed by atoms with van der Waals surface area (Å²) in [6.07, 6.45) is 0.361. The molecule has 1 rings (SSSR count). The summed E-state index contributed by atoms with van der Waals surface area (Å²) in [5.74, 6) is 0.593. The monoisotopic (exact) mass is 197 g/mol. The summed E-state index contributed by atoms with van der Waals surface area (Å²) in [5.41, 5.74) is 4.98. The summed E-state index contributed by atoms with van der Waals surface area (Å²) in [5, 5.41) is 9.12. The van der Waals surface area contributed by atoms with Gasteiger partial charge in [-0.15, -0.1) is 11.8 Å². The molecule has 0 saturated carbocycles. The number of hydrogen-bond acceptors (Lipinski definition) is 3. The highest BCUT2D eigenvalue weighted by molar-refractivity contribution is 7.99. The van der Waals surface area contributed by atoms with E-state index < -0.39 is 0 Å². The Morgan fingerprint density at radius 3 is 2.92 bits per heavy atom. The smallest absolute Gasteiger partial charge is 0.218 e. The number of primary amides is 1. The average Bonchev–Trinajstić information content (AvgIpc) is 2.03. The summed E-state index contributed by atoms with van der Waals surface area (Å²) < 4.78 is 0. The Kier molecular flexibility index (Phi) is 3.64. The topological polar surface area (TPSA) is 63.3 Å². The van der Waals surface area contributed by atoms with Crippen molar-refractivity contribution in [2.75, 3.05) is 5.75 Å². The van der Waals surface area contributed by atoms with Gasteiger partial charge >= 0.3 is 0 Å². The lowest BCUT2D eigenvalue weighted by Gasteiger charge is -1.99.